The Morgan fingerprint density at radius 3 is 3.07 bits per heavy atom. The van der Waals surface area contributed by atoms with Gasteiger partial charge in [0.15, 0.2) is 0 Å². The second-order valence-electron chi connectivity index (χ2n) is 2.87. The fourth-order valence-electron chi connectivity index (χ4n) is 1.13. The number of hydrogen-bond acceptors (Lipinski definition) is 4. The van der Waals surface area contributed by atoms with E-state index < -0.39 is 0 Å². The molecule has 4 heteroatoms. The fraction of sp³-hybridized carbons (Fsp3) is 0.100. The Kier molecular flexibility index (Phi) is 2.65. The van der Waals surface area contributed by atoms with Gasteiger partial charge in [-0.3, -0.25) is 4.98 Å². The van der Waals surface area contributed by atoms with Gasteiger partial charge in [0.25, 0.3) is 0 Å². The number of phenolic OH excluding ortho intramolecular Hbond substituents is 1. The van der Waals surface area contributed by atoms with Crippen molar-refractivity contribution in [1.29, 1.82) is 0 Å². The number of hydrogen-bond donors (Lipinski definition) is 2. The van der Waals surface area contributed by atoms with Gasteiger partial charge < -0.3 is 10.4 Å². The highest BCUT2D eigenvalue weighted by molar-refractivity contribution is 7.09. The quantitative estimate of drug-likeness (QED) is 0.810. The molecule has 3 nitrogen and oxygen atoms in total. The molecule has 2 aromatic rings. The van der Waals surface area contributed by atoms with Crippen molar-refractivity contribution in [2.45, 2.75) is 6.54 Å². The maximum absolute atomic E-state index is 9.22. The molecule has 0 amide bonds. The summed E-state index contributed by atoms with van der Waals surface area (Å²) in [5, 5.41) is 12.4. The molecular formula is C10H10N2OS. The number of aromatic hydroxyl groups is 1. The van der Waals surface area contributed by atoms with E-state index in [-0.39, 0.29) is 5.75 Å². The zero-order valence-electron chi connectivity index (χ0n) is 7.47. The van der Waals surface area contributed by atoms with Crippen molar-refractivity contribution < 1.29 is 5.11 Å². The Bertz CT molecular complexity index is 400. The fourth-order valence-corrected chi connectivity index (χ4v) is 1.67. The van der Waals surface area contributed by atoms with Crippen molar-refractivity contribution in [3.63, 3.8) is 0 Å². The summed E-state index contributed by atoms with van der Waals surface area (Å²) >= 11 is 1.61. The van der Waals surface area contributed by atoms with Crippen LogP contribution in [-0.2, 0) is 6.54 Å². The summed E-state index contributed by atoms with van der Waals surface area (Å²) in [5.74, 6) is 0.277. The summed E-state index contributed by atoms with van der Waals surface area (Å²) in [7, 11) is 0. The minimum Gasteiger partial charge on any atom is -0.508 e. The lowest BCUT2D eigenvalue weighted by atomic mass is 10.3. The molecule has 0 atom stereocenters. The van der Waals surface area contributed by atoms with Crippen LogP contribution in [0.5, 0.6) is 5.75 Å². The molecule has 0 aliphatic carbocycles. The molecule has 2 N–H and O–H groups in total. The lowest BCUT2D eigenvalue weighted by Gasteiger charge is -2.04. The lowest BCUT2D eigenvalue weighted by molar-refractivity contribution is 0.475. The van der Waals surface area contributed by atoms with Crippen LogP contribution in [0.25, 0.3) is 0 Å². The van der Waals surface area contributed by atoms with E-state index in [1.807, 2.05) is 18.3 Å². The molecule has 0 aliphatic heterocycles. The van der Waals surface area contributed by atoms with Gasteiger partial charge in [-0.25, -0.2) is 0 Å². The van der Waals surface area contributed by atoms with Crippen LogP contribution in [0.2, 0.25) is 0 Å². The van der Waals surface area contributed by atoms with Crippen molar-refractivity contribution in [3.8, 4) is 5.75 Å². The maximum atomic E-state index is 9.22. The van der Waals surface area contributed by atoms with E-state index in [2.05, 4.69) is 10.3 Å². The van der Waals surface area contributed by atoms with Crippen molar-refractivity contribution in [2.75, 3.05) is 5.32 Å². The van der Waals surface area contributed by atoms with Crippen molar-refractivity contribution in [3.05, 3.63) is 40.8 Å². The summed E-state index contributed by atoms with van der Waals surface area (Å²) in [6, 6.07) is 7.07. The highest BCUT2D eigenvalue weighted by atomic mass is 32.1. The van der Waals surface area contributed by atoms with E-state index in [1.54, 1.807) is 29.0 Å². The Morgan fingerprint density at radius 1 is 1.43 bits per heavy atom. The van der Waals surface area contributed by atoms with Crippen LogP contribution in [0.1, 0.15) is 4.88 Å². The standard InChI is InChI=1S/C10H10N2OS/c13-9-3-1-2-8(4-9)12-6-10-5-11-7-14-10/h1-5,7,12-13H,6H2. The zero-order valence-corrected chi connectivity index (χ0v) is 8.29. The molecule has 0 saturated heterocycles. The van der Waals surface area contributed by atoms with Crippen LogP contribution in [0.15, 0.2) is 36.0 Å². The minimum atomic E-state index is 0.277. The lowest BCUT2D eigenvalue weighted by Crippen LogP contribution is -1.96. The molecule has 0 aliphatic rings. The summed E-state index contributed by atoms with van der Waals surface area (Å²) in [6.45, 7) is 0.744. The highest BCUT2D eigenvalue weighted by Gasteiger charge is 1.95. The molecule has 0 fully saturated rings. The van der Waals surface area contributed by atoms with Gasteiger partial charge in [-0.2, -0.15) is 0 Å². The van der Waals surface area contributed by atoms with Gasteiger partial charge in [0.1, 0.15) is 5.75 Å². The SMILES string of the molecule is Oc1cccc(NCc2cncs2)c1. The second kappa shape index (κ2) is 4.11. The van der Waals surface area contributed by atoms with Gasteiger partial charge in [0, 0.05) is 22.8 Å². The number of aromatic nitrogens is 1. The molecule has 72 valence electrons. The topological polar surface area (TPSA) is 45.1 Å². The molecule has 0 bridgehead atoms. The highest BCUT2D eigenvalue weighted by Crippen LogP contribution is 2.16. The van der Waals surface area contributed by atoms with E-state index in [1.165, 1.54) is 4.88 Å². The number of phenols is 1. The van der Waals surface area contributed by atoms with Crippen LogP contribution in [-0.4, -0.2) is 10.1 Å². The third-order valence-electron chi connectivity index (χ3n) is 1.80. The van der Waals surface area contributed by atoms with E-state index in [9.17, 15) is 5.11 Å². The first kappa shape index (κ1) is 9.02. The van der Waals surface area contributed by atoms with Crippen molar-refractivity contribution in [2.24, 2.45) is 0 Å². The molecule has 0 radical (unpaired) electrons. The predicted octanol–water partition coefficient (Wildman–Crippen LogP) is 2.46. The molecule has 0 spiro atoms. The predicted molar refractivity (Wildman–Crippen MR) is 57.5 cm³/mol. The molecule has 1 heterocycles. The Labute approximate surface area is 86.1 Å². The van der Waals surface area contributed by atoms with E-state index >= 15 is 0 Å². The molecule has 1 aromatic heterocycles. The van der Waals surface area contributed by atoms with Crippen molar-refractivity contribution in [1.82, 2.24) is 4.98 Å². The van der Waals surface area contributed by atoms with E-state index in [0.29, 0.717) is 0 Å². The third kappa shape index (κ3) is 2.23. The van der Waals surface area contributed by atoms with Crippen LogP contribution >= 0.6 is 11.3 Å². The van der Waals surface area contributed by atoms with Crippen LogP contribution in [0.3, 0.4) is 0 Å². The number of thiazole rings is 1. The molecular weight excluding hydrogens is 196 g/mol. The maximum Gasteiger partial charge on any atom is 0.117 e. The van der Waals surface area contributed by atoms with E-state index in [4.69, 9.17) is 0 Å². The average molecular weight is 206 g/mol. The van der Waals surface area contributed by atoms with Gasteiger partial charge in [-0.15, -0.1) is 11.3 Å². The monoisotopic (exact) mass is 206 g/mol. The zero-order chi connectivity index (χ0) is 9.80. The summed E-state index contributed by atoms with van der Waals surface area (Å²) < 4.78 is 0. The summed E-state index contributed by atoms with van der Waals surface area (Å²) in [5.41, 5.74) is 2.72. The number of rotatable bonds is 3. The first-order valence-electron chi connectivity index (χ1n) is 4.25. The minimum absolute atomic E-state index is 0.277. The Hall–Kier alpha value is -1.55. The number of benzene rings is 1. The van der Waals surface area contributed by atoms with Gasteiger partial charge in [-0.05, 0) is 12.1 Å². The molecule has 0 unspecified atom stereocenters. The molecule has 14 heavy (non-hydrogen) atoms. The Balaban J connectivity index is 1.98. The van der Waals surface area contributed by atoms with Crippen LogP contribution in [0.4, 0.5) is 5.69 Å². The Morgan fingerprint density at radius 2 is 2.36 bits per heavy atom. The van der Waals surface area contributed by atoms with Gasteiger partial charge in [0.05, 0.1) is 12.1 Å². The van der Waals surface area contributed by atoms with Crippen LogP contribution < -0.4 is 5.32 Å². The third-order valence-corrected chi connectivity index (χ3v) is 2.58. The smallest absolute Gasteiger partial charge is 0.117 e. The summed E-state index contributed by atoms with van der Waals surface area (Å²) in [4.78, 5) is 5.16. The second-order valence-corrected chi connectivity index (χ2v) is 3.84. The van der Waals surface area contributed by atoms with E-state index in [0.717, 1.165) is 12.2 Å². The molecule has 2 rings (SSSR count). The molecule has 0 saturated carbocycles. The normalized spacial score (nSPS) is 10.0. The van der Waals surface area contributed by atoms with Gasteiger partial charge in [0.2, 0.25) is 0 Å². The number of nitrogens with zero attached hydrogens (tertiary/aromatic N) is 1. The first-order chi connectivity index (χ1) is 6.84. The van der Waals surface area contributed by atoms with Crippen LogP contribution in [0, 0.1) is 0 Å². The van der Waals surface area contributed by atoms with Gasteiger partial charge >= 0.3 is 0 Å². The largest absolute Gasteiger partial charge is 0.508 e. The first-order valence-corrected chi connectivity index (χ1v) is 5.13. The van der Waals surface area contributed by atoms with Crippen molar-refractivity contribution >= 4 is 17.0 Å². The average Bonchev–Trinajstić information content (AvgIpc) is 2.67. The molecule has 1 aromatic carbocycles. The number of nitrogens with one attached hydrogen (secondary N) is 1. The number of anilines is 1. The van der Waals surface area contributed by atoms with Gasteiger partial charge in [-0.1, -0.05) is 6.07 Å². The summed E-state index contributed by atoms with van der Waals surface area (Å²) in [6.07, 6.45) is 1.83.